The Labute approximate surface area is 130 Å². The maximum atomic E-state index is 11.7. The van der Waals surface area contributed by atoms with Crippen molar-refractivity contribution < 1.29 is 19.4 Å². The summed E-state index contributed by atoms with van der Waals surface area (Å²) in [6, 6.07) is 5.18. The van der Waals surface area contributed by atoms with Gasteiger partial charge in [-0.05, 0) is 17.7 Å². The molecule has 0 aromatic heterocycles. The van der Waals surface area contributed by atoms with Crippen LogP contribution in [0.25, 0.3) is 0 Å². The van der Waals surface area contributed by atoms with E-state index in [0.717, 1.165) is 0 Å². The molecule has 0 spiro atoms. The van der Waals surface area contributed by atoms with Crippen molar-refractivity contribution in [1.82, 2.24) is 10.6 Å². The first-order valence-electron chi connectivity index (χ1n) is 6.53. The van der Waals surface area contributed by atoms with E-state index < -0.39 is 6.10 Å². The van der Waals surface area contributed by atoms with E-state index in [1.807, 2.05) is 0 Å². The van der Waals surface area contributed by atoms with E-state index in [4.69, 9.17) is 9.47 Å². The number of rotatable bonds is 6. The van der Waals surface area contributed by atoms with Crippen LogP contribution in [0.1, 0.15) is 11.7 Å². The number of hydrogen-bond donors (Lipinski definition) is 3. The Balaban J connectivity index is 0.00000220. The zero-order valence-corrected chi connectivity index (χ0v) is 12.9. The van der Waals surface area contributed by atoms with Gasteiger partial charge in [0, 0.05) is 25.7 Å². The molecule has 1 unspecified atom stereocenters. The van der Waals surface area contributed by atoms with Crippen molar-refractivity contribution in [3.8, 4) is 11.5 Å². The van der Waals surface area contributed by atoms with Crippen LogP contribution in [-0.2, 0) is 4.79 Å². The normalized spacial score (nSPS) is 15.4. The Morgan fingerprint density at radius 2 is 1.90 bits per heavy atom. The van der Waals surface area contributed by atoms with Crippen LogP contribution in [0.15, 0.2) is 18.2 Å². The molecule has 1 aliphatic heterocycles. The van der Waals surface area contributed by atoms with Gasteiger partial charge >= 0.3 is 0 Å². The first kappa shape index (κ1) is 17.6. The summed E-state index contributed by atoms with van der Waals surface area (Å²) < 4.78 is 10.3. The topological polar surface area (TPSA) is 79.8 Å². The third kappa shape index (κ3) is 4.49. The van der Waals surface area contributed by atoms with Gasteiger partial charge in [0.25, 0.3) is 0 Å². The molecule has 1 amide bonds. The van der Waals surface area contributed by atoms with Gasteiger partial charge in [0.2, 0.25) is 5.91 Å². The predicted octanol–water partition coefficient (Wildman–Crippen LogP) is 0.495. The molecule has 0 radical (unpaired) electrons. The number of ether oxygens (including phenoxy) is 2. The van der Waals surface area contributed by atoms with E-state index in [2.05, 4.69) is 10.6 Å². The van der Waals surface area contributed by atoms with E-state index >= 15 is 0 Å². The second-order valence-electron chi connectivity index (χ2n) is 4.76. The average molecular weight is 317 g/mol. The minimum atomic E-state index is -0.795. The molecule has 7 heteroatoms. The predicted molar refractivity (Wildman–Crippen MR) is 81.1 cm³/mol. The maximum Gasteiger partial charge on any atom is 0.225 e. The van der Waals surface area contributed by atoms with Crippen LogP contribution in [0.3, 0.4) is 0 Å². The molecular weight excluding hydrogens is 296 g/mol. The molecule has 0 aliphatic carbocycles. The second kappa shape index (κ2) is 8.07. The fraction of sp³-hybridized carbons (Fsp3) is 0.500. The quantitative estimate of drug-likeness (QED) is 0.712. The van der Waals surface area contributed by atoms with E-state index in [0.29, 0.717) is 30.2 Å². The highest BCUT2D eigenvalue weighted by atomic mass is 35.5. The first-order chi connectivity index (χ1) is 9.63. The molecule has 21 heavy (non-hydrogen) atoms. The molecule has 118 valence electrons. The molecule has 1 aromatic carbocycles. The number of aliphatic hydroxyl groups excluding tert-OH is 1. The lowest BCUT2D eigenvalue weighted by atomic mass is 10.0. The molecule has 1 aliphatic rings. The lowest BCUT2D eigenvalue weighted by Crippen LogP contribution is -2.51. The van der Waals surface area contributed by atoms with Crippen LogP contribution in [0, 0.1) is 5.92 Å². The van der Waals surface area contributed by atoms with Gasteiger partial charge in [-0.15, -0.1) is 12.4 Å². The van der Waals surface area contributed by atoms with Crippen molar-refractivity contribution in [2.75, 3.05) is 33.9 Å². The lowest BCUT2D eigenvalue weighted by molar-refractivity contribution is -0.126. The van der Waals surface area contributed by atoms with Crippen molar-refractivity contribution in [2.24, 2.45) is 5.92 Å². The van der Waals surface area contributed by atoms with Gasteiger partial charge < -0.3 is 25.2 Å². The van der Waals surface area contributed by atoms with Gasteiger partial charge in [0.05, 0.1) is 26.2 Å². The smallest absolute Gasteiger partial charge is 0.225 e. The number of methoxy groups -OCH3 is 2. The van der Waals surface area contributed by atoms with Gasteiger partial charge in [-0.1, -0.05) is 0 Å². The minimum Gasteiger partial charge on any atom is -0.497 e. The highest BCUT2D eigenvalue weighted by Gasteiger charge is 2.25. The third-order valence-electron chi connectivity index (χ3n) is 3.38. The molecule has 0 saturated carbocycles. The largest absolute Gasteiger partial charge is 0.497 e. The molecule has 1 aromatic rings. The van der Waals surface area contributed by atoms with Crippen LogP contribution in [0.2, 0.25) is 0 Å². The van der Waals surface area contributed by atoms with Crippen molar-refractivity contribution in [1.29, 1.82) is 0 Å². The summed E-state index contributed by atoms with van der Waals surface area (Å²) in [5, 5.41) is 15.9. The highest BCUT2D eigenvalue weighted by molar-refractivity contribution is 5.85. The zero-order valence-electron chi connectivity index (χ0n) is 12.1. The molecule has 6 nitrogen and oxygen atoms in total. The first-order valence-corrected chi connectivity index (χ1v) is 6.53. The van der Waals surface area contributed by atoms with Gasteiger partial charge in [0.15, 0.2) is 0 Å². The average Bonchev–Trinajstić information content (AvgIpc) is 2.42. The number of halogens is 1. The number of benzene rings is 1. The Morgan fingerprint density at radius 1 is 1.33 bits per heavy atom. The fourth-order valence-electron chi connectivity index (χ4n) is 1.96. The Hall–Kier alpha value is -1.50. The summed E-state index contributed by atoms with van der Waals surface area (Å²) >= 11 is 0. The summed E-state index contributed by atoms with van der Waals surface area (Å²) in [5.41, 5.74) is 0.647. The fourth-order valence-corrected chi connectivity index (χ4v) is 1.96. The maximum absolute atomic E-state index is 11.7. The van der Waals surface area contributed by atoms with E-state index in [1.54, 1.807) is 32.4 Å². The summed E-state index contributed by atoms with van der Waals surface area (Å²) in [4.78, 5) is 11.7. The second-order valence-corrected chi connectivity index (χ2v) is 4.76. The van der Waals surface area contributed by atoms with Crippen LogP contribution >= 0.6 is 12.4 Å². The molecule has 3 N–H and O–H groups in total. The number of nitrogens with one attached hydrogen (secondary N) is 2. The van der Waals surface area contributed by atoms with Gasteiger partial charge in [-0.3, -0.25) is 4.79 Å². The Bertz CT molecular complexity index is 458. The van der Waals surface area contributed by atoms with E-state index in [9.17, 15) is 9.90 Å². The number of amides is 1. The Kier molecular flexibility index (Phi) is 6.74. The number of carbonyl (C=O) groups is 1. The summed E-state index contributed by atoms with van der Waals surface area (Å²) in [7, 11) is 3.10. The van der Waals surface area contributed by atoms with Crippen LogP contribution in [0.4, 0.5) is 0 Å². The summed E-state index contributed by atoms with van der Waals surface area (Å²) in [6.45, 7) is 1.58. The van der Waals surface area contributed by atoms with E-state index in [1.165, 1.54) is 0 Å². The lowest BCUT2D eigenvalue weighted by Gasteiger charge is -2.26. The van der Waals surface area contributed by atoms with Crippen molar-refractivity contribution in [3.05, 3.63) is 23.8 Å². The SMILES string of the molecule is COc1cc(OC)cc(C(O)CNC(=O)C2CNC2)c1.Cl. The van der Waals surface area contributed by atoms with Gasteiger partial charge in [-0.2, -0.15) is 0 Å². The highest BCUT2D eigenvalue weighted by Crippen LogP contribution is 2.26. The monoisotopic (exact) mass is 316 g/mol. The number of carbonyl (C=O) groups excluding carboxylic acids is 1. The van der Waals surface area contributed by atoms with Crippen molar-refractivity contribution in [2.45, 2.75) is 6.10 Å². The standard InChI is InChI=1S/C14H20N2O4.ClH/c1-19-11-3-9(4-12(5-11)20-2)13(17)8-16-14(18)10-6-15-7-10;/h3-5,10,13,15,17H,6-8H2,1-2H3,(H,16,18);1H. The summed E-state index contributed by atoms with van der Waals surface area (Å²) in [5.74, 6) is 1.19. The van der Waals surface area contributed by atoms with Gasteiger partial charge in [0.1, 0.15) is 11.5 Å². The van der Waals surface area contributed by atoms with Crippen LogP contribution < -0.4 is 20.1 Å². The van der Waals surface area contributed by atoms with Crippen molar-refractivity contribution >= 4 is 18.3 Å². The molecular formula is C14H21ClN2O4. The zero-order chi connectivity index (χ0) is 14.5. The number of aliphatic hydroxyl groups is 1. The number of hydrogen-bond acceptors (Lipinski definition) is 5. The Morgan fingerprint density at radius 3 is 2.33 bits per heavy atom. The minimum absolute atomic E-state index is 0. The molecule has 1 atom stereocenters. The molecule has 2 rings (SSSR count). The van der Waals surface area contributed by atoms with Crippen LogP contribution in [0.5, 0.6) is 11.5 Å². The molecule has 1 saturated heterocycles. The molecule has 1 fully saturated rings. The van der Waals surface area contributed by atoms with Gasteiger partial charge in [-0.25, -0.2) is 0 Å². The third-order valence-corrected chi connectivity index (χ3v) is 3.38. The summed E-state index contributed by atoms with van der Waals surface area (Å²) in [6.07, 6.45) is -0.795. The molecule has 0 bridgehead atoms. The van der Waals surface area contributed by atoms with E-state index in [-0.39, 0.29) is 30.8 Å². The van der Waals surface area contributed by atoms with Crippen LogP contribution in [-0.4, -0.2) is 44.9 Å². The van der Waals surface area contributed by atoms with Crippen molar-refractivity contribution in [3.63, 3.8) is 0 Å². The molecule has 1 heterocycles.